The van der Waals surface area contributed by atoms with E-state index in [4.69, 9.17) is 14.6 Å². The molecule has 40 heavy (non-hydrogen) atoms. The molecule has 1 aromatic rings. The number of rotatable bonds is 7. The van der Waals surface area contributed by atoms with Crippen LogP contribution in [0.25, 0.3) is 5.76 Å². The summed E-state index contributed by atoms with van der Waals surface area (Å²) in [5, 5.41) is 21.3. The molecule has 8 nitrogen and oxygen atoms in total. The van der Waals surface area contributed by atoms with Crippen LogP contribution in [-0.4, -0.2) is 53.5 Å². The smallest absolute Gasteiger partial charge is 0.224 e. The van der Waals surface area contributed by atoms with Crippen LogP contribution in [0.2, 0.25) is 0 Å². The van der Waals surface area contributed by atoms with Gasteiger partial charge in [0.2, 0.25) is 5.91 Å². The molecule has 2 fully saturated rings. The number of unbranched alkanes of at least 4 members (excludes halogenated alkanes) is 3. The molecule has 2 spiro atoms. The van der Waals surface area contributed by atoms with Crippen LogP contribution >= 0.6 is 0 Å². The standard InChI is InChI=1S/C31H39NO6.CH4O/c1-5-7-8-9-12-19-25-29(3)27(35)21(37-4)13-10-11-17(6-2)24-22-20(33)15-14-18-23(22)31(29,38-24)16-30(25,26(18)34)32-28(19)36;1-2/h14-15,19,21,25,33H,5-13,16H2,1-4H3,(H,32,36);2H,1H3/b24-17-;/t19-,21-,25+,29+,30-,31-;/m0./s1. The molecule has 6 rings (SSSR count). The Morgan fingerprint density at radius 2 is 1.88 bits per heavy atom. The third-order valence-electron chi connectivity index (χ3n) is 10.5. The molecular formula is C32H43NO7. The molecule has 2 aliphatic carbocycles. The van der Waals surface area contributed by atoms with Crippen molar-refractivity contribution >= 4 is 23.2 Å². The Hall–Kier alpha value is -2.71. The second-order valence-corrected chi connectivity index (χ2v) is 12.2. The van der Waals surface area contributed by atoms with Gasteiger partial charge in [-0.15, -0.1) is 0 Å². The molecule has 6 atom stereocenters. The summed E-state index contributed by atoms with van der Waals surface area (Å²) >= 11 is 0. The first-order valence-corrected chi connectivity index (χ1v) is 14.9. The molecule has 0 radical (unpaired) electrons. The Bertz CT molecular complexity index is 1270. The first-order chi connectivity index (χ1) is 19.2. The number of Topliss-reactive ketones (excluding diaryl/α,β-unsaturated/α-hetero) is 2. The van der Waals surface area contributed by atoms with Crippen molar-refractivity contribution in [1.82, 2.24) is 5.32 Å². The Balaban J connectivity index is 0.00000158. The normalized spacial score (nSPS) is 37.0. The van der Waals surface area contributed by atoms with E-state index in [1.807, 2.05) is 6.92 Å². The number of amides is 1. The zero-order valence-electron chi connectivity index (χ0n) is 24.4. The highest BCUT2D eigenvalue weighted by Crippen LogP contribution is 2.74. The molecule has 1 saturated carbocycles. The highest BCUT2D eigenvalue weighted by Gasteiger charge is 2.83. The zero-order valence-corrected chi connectivity index (χ0v) is 24.4. The van der Waals surface area contributed by atoms with E-state index in [9.17, 15) is 19.5 Å². The largest absolute Gasteiger partial charge is 0.507 e. The summed E-state index contributed by atoms with van der Waals surface area (Å²) in [5.41, 5.74) is -0.862. The van der Waals surface area contributed by atoms with Crippen LogP contribution in [0.1, 0.15) is 106 Å². The number of nitrogens with one attached hydrogen (secondary N) is 1. The number of carbonyl (C=O) groups is 3. The minimum Gasteiger partial charge on any atom is -0.507 e. The molecule has 3 bridgehead atoms. The molecule has 1 aromatic carbocycles. The molecule has 1 saturated heterocycles. The molecule has 5 aliphatic rings. The van der Waals surface area contributed by atoms with Gasteiger partial charge in [0.05, 0.1) is 11.0 Å². The monoisotopic (exact) mass is 553 g/mol. The van der Waals surface area contributed by atoms with Gasteiger partial charge in [0.1, 0.15) is 23.2 Å². The number of aliphatic hydroxyl groups excluding tert-OH is 1. The van der Waals surface area contributed by atoms with Gasteiger partial charge < -0.3 is 25.0 Å². The fraction of sp³-hybridized carbons (Fsp3) is 0.656. The lowest BCUT2D eigenvalue weighted by atomic mass is 9.60. The lowest BCUT2D eigenvalue weighted by Gasteiger charge is -2.45. The number of aromatic hydroxyl groups is 1. The van der Waals surface area contributed by atoms with Crippen molar-refractivity contribution in [1.29, 1.82) is 0 Å². The van der Waals surface area contributed by atoms with Crippen molar-refractivity contribution < 1.29 is 34.1 Å². The summed E-state index contributed by atoms with van der Waals surface area (Å²) in [7, 11) is 2.57. The number of ketones is 2. The SMILES string of the molecule is CCCCCC[C@@H]1C(=O)N[C@@]23C[C@@]45O/C(=C(/CC)CCC[C@H](OC)C(=O)[C@@]4(C)[C@@H]12)c1c(O)ccc(c15)C3=O.CO. The second kappa shape index (κ2) is 10.3. The van der Waals surface area contributed by atoms with Gasteiger partial charge in [-0.2, -0.15) is 0 Å². The maximum Gasteiger partial charge on any atom is 0.224 e. The van der Waals surface area contributed by atoms with Crippen LogP contribution in [0.3, 0.4) is 0 Å². The van der Waals surface area contributed by atoms with Crippen molar-refractivity contribution in [2.45, 2.75) is 102 Å². The molecule has 3 heterocycles. The van der Waals surface area contributed by atoms with E-state index in [0.717, 1.165) is 51.2 Å². The van der Waals surface area contributed by atoms with Crippen molar-refractivity contribution in [2.75, 3.05) is 14.2 Å². The van der Waals surface area contributed by atoms with Gasteiger partial charge >= 0.3 is 0 Å². The molecule has 3 aliphatic heterocycles. The first kappa shape index (κ1) is 28.8. The number of aliphatic hydroxyl groups is 1. The van der Waals surface area contributed by atoms with Crippen LogP contribution in [0.5, 0.6) is 5.75 Å². The van der Waals surface area contributed by atoms with Gasteiger partial charge in [-0.05, 0) is 56.7 Å². The minimum absolute atomic E-state index is 0.0693. The summed E-state index contributed by atoms with van der Waals surface area (Å²) in [6.07, 6.45) is 6.95. The van der Waals surface area contributed by atoms with Gasteiger partial charge in [0.15, 0.2) is 17.2 Å². The molecule has 0 unspecified atom stereocenters. The van der Waals surface area contributed by atoms with Crippen LogP contribution < -0.4 is 5.32 Å². The van der Waals surface area contributed by atoms with E-state index >= 15 is 0 Å². The third kappa shape index (κ3) is 3.47. The fourth-order valence-corrected chi connectivity index (χ4v) is 8.81. The molecule has 218 valence electrons. The topological polar surface area (TPSA) is 122 Å². The van der Waals surface area contributed by atoms with Crippen molar-refractivity contribution in [3.05, 3.63) is 34.4 Å². The number of carbonyl (C=O) groups excluding carboxylic acids is 3. The summed E-state index contributed by atoms with van der Waals surface area (Å²) in [5.74, 6) is -0.749. The van der Waals surface area contributed by atoms with Gasteiger partial charge in [-0.1, -0.05) is 39.5 Å². The number of methoxy groups -OCH3 is 1. The van der Waals surface area contributed by atoms with E-state index in [1.54, 1.807) is 19.2 Å². The highest BCUT2D eigenvalue weighted by molar-refractivity contribution is 6.14. The Morgan fingerprint density at radius 1 is 1.12 bits per heavy atom. The predicted octanol–water partition coefficient (Wildman–Crippen LogP) is 4.79. The van der Waals surface area contributed by atoms with E-state index in [1.165, 1.54) is 0 Å². The maximum atomic E-state index is 14.7. The van der Waals surface area contributed by atoms with Crippen LogP contribution in [0.4, 0.5) is 0 Å². The number of phenols is 1. The number of phenolic OH excluding ortho intramolecular Hbond substituents is 1. The van der Waals surface area contributed by atoms with Crippen molar-refractivity contribution in [3.8, 4) is 5.75 Å². The number of allylic oxidation sites excluding steroid dienone is 1. The van der Waals surface area contributed by atoms with Crippen molar-refractivity contribution in [2.24, 2.45) is 17.3 Å². The number of benzene rings is 1. The number of hydrogen-bond acceptors (Lipinski definition) is 7. The van der Waals surface area contributed by atoms with E-state index in [-0.39, 0.29) is 29.6 Å². The number of ether oxygens (including phenoxy) is 2. The van der Waals surface area contributed by atoms with Crippen molar-refractivity contribution in [3.63, 3.8) is 0 Å². The van der Waals surface area contributed by atoms with E-state index in [0.29, 0.717) is 41.7 Å². The summed E-state index contributed by atoms with van der Waals surface area (Å²) in [6.45, 7) is 6.14. The quantitative estimate of drug-likeness (QED) is 0.415. The molecular weight excluding hydrogens is 510 g/mol. The van der Waals surface area contributed by atoms with Gasteiger partial charge in [-0.3, -0.25) is 14.4 Å². The average molecular weight is 554 g/mol. The Labute approximate surface area is 236 Å². The van der Waals surface area contributed by atoms with Crippen LogP contribution in [0, 0.1) is 17.3 Å². The fourth-order valence-electron chi connectivity index (χ4n) is 8.81. The maximum absolute atomic E-state index is 14.7. The number of fused-ring (bicyclic) bond motifs is 3. The van der Waals surface area contributed by atoms with E-state index in [2.05, 4.69) is 19.2 Å². The molecule has 3 N–H and O–H groups in total. The minimum atomic E-state index is -1.22. The van der Waals surface area contributed by atoms with Crippen LogP contribution in [-0.2, 0) is 24.7 Å². The first-order valence-electron chi connectivity index (χ1n) is 14.9. The zero-order chi connectivity index (χ0) is 29.0. The third-order valence-corrected chi connectivity index (χ3v) is 10.5. The molecule has 0 aromatic heterocycles. The predicted molar refractivity (Wildman–Crippen MR) is 150 cm³/mol. The summed E-state index contributed by atoms with van der Waals surface area (Å²) in [6, 6.07) is 3.22. The Morgan fingerprint density at radius 3 is 2.55 bits per heavy atom. The van der Waals surface area contributed by atoms with Gasteiger partial charge in [-0.25, -0.2) is 0 Å². The Kier molecular flexibility index (Phi) is 7.41. The molecule has 8 heteroatoms. The number of hydrogen-bond donors (Lipinski definition) is 3. The van der Waals surface area contributed by atoms with Gasteiger partial charge in [0.25, 0.3) is 0 Å². The second-order valence-electron chi connectivity index (χ2n) is 12.2. The average Bonchev–Trinajstić information content (AvgIpc) is 3.51. The summed E-state index contributed by atoms with van der Waals surface area (Å²) in [4.78, 5) is 42.8. The van der Waals surface area contributed by atoms with E-state index < -0.39 is 34.5 Å². The highest BCUT2D eigenvalue weighted by atomic mass is 16.5. The van der Waals surface area contributed by atoms with Gasteiger partial charge in [0, 0.05) is 43.6 Å². The lowest BCUT2D eigenvalue weighted by Crippen LogP contribution is -2.54. The molecule has 1 amide bonds. The lowest BCUT2D eigenvalue weighted by molar-refractivity contribution is -0.159. The van der Waals surface area contributed by atoms with Crippen LogP contribution in [0.15, 0.2) is 17.7 Å². The summed E-state index contributed by atoms with van der Waals surface area (Å²) < 4.78 is 12.9.